The van der Waals surface area contributed by atoms with Crippen LogP contribution >= 0.6 is 0 Å². The summed E-state index contributed by atoms with van der Waals surface area (Å²) in [5.41, 5.74) is 6.42. The third-order valence-electron chi connectivity index (χ3n) is 5.94. The molecule has 2 aliphatic heterocycles. The highest BCUT2D eigenvalue weighted by atomic mass is 16.2. The summed E-state index contributed by atoms with van der Waals surface area (Å²) >= 11 is 0. The summed E-state index contributed by atoms with van der Waals surface area (Å²) in [7, 11) is 0. The first-order valence-electron chi connectivity index (χ1n) is 9.92. The first kappa shape index (κ1) is 17.7. The van der Waals surface area contributed by atoms with Crippen LogP contribution in [0.3, 0.4) is 0 Å². The predicted molar refractivity (Wildman–Crippen MR) is 113 cm³/mol. The molecule has 0 spiro atoms. The van der Waals surface area contributed by atoms with Crippen molar-refractivity contribution in [1.82, 2.24) is 4.90 Å². The number of rotatable bonds is 3. The molecule has 1 aliphatic carbocycles. The molecule has 3 aliphatic rings. The van der Waals surface area contributed by atoms with Crippen molar-refractivity contribution in [3.63, 3.8) is 0 Å². The van der Waals surface area contributed by atoms with E-state index >= 15 is 0 Å². The van der Waals surface area contributed by atoms with Crippen LogP contribution < -0.4 is 4.90 Å². The van der Waals surface area contributed by atoms with Gasteiger partial charge in [0.1, 0.15) is 0 Å². The van der Waals surface area contributed by atoms with E-state index in [1.165, 1.54) is 16.2 Å². The molecule has 144 valence electrons. The smallest absolute Gasteiger partial charge is 0.266 e. The Morgan fingerprint density at radius 3 is 2.38 bits per heavy atom. The van der Waals surface area contributed by atoms with Crippen molar-refractivity contribution in [2.45, 2.75) is 26.8 Å². The van der Waals surface area contributed by atoms with Gasteiger partial charge in [-0.15, -0.1) is 0 Å². The molecule has 2 aromatic rings. The second kappa shape index (κ2) is 6.59. The number of carbonyl (C=O) groups excluding carboxylic acids is 2. The highest BCUT2D eigenvalue weighted by molar-refractivity contribution is 6.34. The monoisotopic (exact) mass is 382 g/mol. The van der Waals surface area contributed by atoms with Crippen molar-refractivity contribution in [1.29, 1.82) is 0 Å². The largest absolute Gasteiger partial charge is 0.347 e. The van der Waals surface area contributed by atoms with Gasteiger partial charge in [0.05, 0.1) is 16.8 Å². The van der Waals surface area contributed by atoms with Gasteiger partial charge in [-0.25, -0.2) is 4.90 Å². The predicted octanol–water partition coefficient (Wildman–Crippen LogP) is 4.98. The lowest BCUT2D eigenvalue weighted by atomic mass is 9.93. The number of anilines is 1. The van der Waals surface area contributed by atoms with Gasteiger partial charge in [0.2, 0.25) is 0 Å². The van der Waals surface area contributed by atoms with Crippen LogP contribution in [-0.4, -0.2) is 16.7 Å². The molecule has 2 aromatic carbocycles. The van der Waals surface area contributed by atoms with Gasteiger partial charge in [-0.1, -0.05) is 42.0 Å². The fraction of sp³-hybridized carbons (Fsp3) is 0.200. The van der Waals surface area contributed by atoms with Gasteiger partial charge in [-0.05, 0) is 55.7 Å². The molecule has 5 rings (SSSR count). The number of amides is 2. The van der Waals surface area contributed by atoms with Gasteiger partial charge < -0.3 is 4.90 Å². The maximum Gasteiger partial charge on any atom is 0.266 e. The normalized spacial score (nSPS) is 20.0. The van der Waals surface area contributed by atoms with Crippen molar-refractivity contribution in [3.05, 3.63) is 100 Å². The summed E-state index contributed by atoms with van der Waals surface area (Å²) in [6.07, 6.45) is 9.92. The molecule has 2 amide bonds. The number of hydrogen-bond donors (Lipinski definition) is 0. The van der Waals surface area contributed by atoms with Crippen LogP contribution in [0.25, 0.3) is 0 Å². The molecule has 1 atom stereocenters. The molecular weight excluding hydrogens is 360 g/mol. The van der Waals surface area contributed by atoms with Crippen LogP contribution in [0.5, 0.6) is 0 Å². The van der Waals surface area contributed by atoms with E-state index in [1.807, 2.05) is 19.1 Å². The number of fused-ring (bicyclic) bond motifs is 2. The average molecular weight is 382 g/mol. The molecular formula is C25H22N2O2. The second-order valence-electron chi connectivity index (χ2n) is 8.00. The molecule has 29 heavy (non-hydrogen) atoms. The summed E-state index contributed by atoms with van der Waals surface area (Å²) in [6, 6.07) is 13.0. The number of carbonyl (C=O) groups is 2. The minimum absolute atomic E-state index is 0.249. The van der Waals surface area contributed by atoms with E-state index in [0.29, 0.717) is 22.7 Å². The fourth-order valence-electron chi connectivity index (χ4n) is 4.46. The third kappa shape index (κ3) is 2.83. The van der Waals surface area contributed by atoms with Crippen molar-refractivity contribution in [2.75, 3.05) is 4.90 Å². The van der Waals surface area contributed by atoms with Gasteiger partial charge in [0.15, 0.2) is 0 Å². The lowest BCUT2D eigenvalue weighted by molar-refractivity contribution is 0.0926. The number of allylic oxidation sites excluding steroid dienone is 4. The molecule has 0 fully saturated rings. The Morgan fingerprint density at radius 1 is 0.966 bits per heavy atom. The van der Waals surface area contributed by atoms with E-state index < -0.39 is 0 Å². The third-order valence-corrected chi connectivity index (χ3v) is 5.94. The van der Waals surface area contributed by atoms with Crippen LogP contribution in [0.4, 0.5) is 5.69 Å². The molecule has 0 saturated carbocycles. The van der Waals surface area contributed by atoms with Gasteiger partial charge in [0, 0.05) is 24.4 Å². The van der Waals surface area contributed by atoms with E-state index in [4.69, 9.17) is 0 Å². The lowest BCUT2D eigenvalue weighted by Crippen LogP contribution is -2.30. The van der Waals surface area contributed by atoms with Crippen LogP contribution in [0, 0.1) is 12.8 Å². The summed E-state index contributed by atoms with van der Waals surface area (Å²) in [5, 5.41) is 0. The fourth-order valence-corrected chi connectivity index (χ4v) is 4.46. The quantitative estimate of drug-likeness (QED) is 0.704. The first-order chi connectivity index (χ1) is 14.0. The van der Waals surface area contributed by atoms with Crippen molar-refractivity contribution in [3.8, 4) is 0 Å². The highest BCUT2D eigenvalue weighted by Gasteiger charge is 2.37. The summed E-state index contributed by atoms with van der Waals surface area (Å²) < 4.78 is 0. The topological polar surface area (TPSA) is 40.6 Å². The molecule has 4 heteroatoms. The SMILES string of the molecule is CC1=CC=C2C(C=CN2Cc2ccc(N3C(=O)c4ccccc4C3=O)c(C)c2)C1. The molecule has 1 unspecified atom stereocenters. The van der Waals surface area contributed by atoms with Gasteiger partial charge in [-0.3, -0.25) is 9.59 Å². The first-order valence-corrected chi connectivity index (χ1v) is 9.92. The van der Waals surface area contributed by atoms with Gasteiger partial charge in [0.25, 0.3) is 11.8 Å². The molecule has 0 bridgehead atoms. The zero-order valence-corrected chi connectivity index (χ0v) is 16.6. The minimum Gasteiger partial charge on any atom is -0.347 e. The molecule has 2 heterocycles. The Labute approximate surface area is 170 Å². The van der Waals surface area contributed by atoms with Crippen LogP contribution in [-0.2, 0) is 6.54 Å². The molecule has 0 aromatic heterocycles. The number of aryl methyl sites for hydroxylation is 1. The summed E-state index contributed by atoms with van der Waals surface area (Å²) in [5.74, 6) is -0.0266. The number of hydrogen-bond acceptors (Lipinski definition) is 3. The van der Waals surface area contributed by atoms with E-state index in [9.17, 15) is 9.59 Å². The highest BCUT2D eigenvalue weighted by Crippen LogP contribution is 2.36. The zero-order valence-electron chi connectivity index (χ0n) is 16.6. The summed E-state index contributed by atoms with van der Waals surface area (Å²) in [6.45, 7) is 4.90. The minimum atomic E-state index is -0.249. The molecule has 4 nitrogen and oxygen atoms in total. The number of imide groups is 1. The maximum atomic E-state index is 12.8. The standard InChI is InChI=1S/C25H22N2O2/c1-16-7-9-23-19(13-16)11-12-26(23)15-18-8-10-22(17(2)14-18)27-24(28)20-5-3-4-6-21(20)25(27)29/h3-12,14,19H,13,15H2,1-2H3. The molecule has 0 radical (unpaired) electrons. The van der Waals surface area contributed by atoms with E-state index in [-0.39, 0.29) is 11.8 Å². The Balaban J connectivity index is 1.40. The van der Waals surface area contributed by atoms with Crippen molar-refractivity contribution >= 4 is 17.5 Å². The zero-order chi connectivity index (χ0) is 20.1. The number of benzene rings is 2. The van der Waals surface area contributed by atoms with Gasteiger partial charge in [-0.2, -0.15) is 0 Å². The van der Waals surface area contributed by atoms with E-state index in [2.05, 4.69) is 42.3 Å². The molecule has 0 N–H and O–H groups in total. The Morgan fingerprint density at radius 2 is 1.69 bits per heavy atom. The average Bonchev–Trinajstić information content (AvgIpc) is 3.21. The van der Waals surface area contributed by atoms with Crippen LogP contribution in [0.15, 0.2) is 78.2 Å². The van der Waals surface area contributed by atoms with Gasteiger partial charge >= 0.3 is 0 Å². The van der Waals surface area contributed by atoms with E-state index in [1.54, 1.807) is 24.3 Å². The van der Waals surface area contributed by atoms with Crippen LogP contribution in [0.1, 0.15) is 45.2 Å². The Hall–Kier alpha value is -3.40. The van der Waals surface area contributed by atoms with Crippen LogP contribution in [0.2, 0.25) is 0 Å². The lowest BCUT2D eigenvalue weighted by Gasteiger charge is -2.25. The van der Waals surface area contributed by atoms with E-state index in [0.717, 1.165) is 24.1 Å². The Bertz CT molecular complexity index is 1100. The maximum absolute atomic E-state index is 12.8. The number of nitrogens with zero attached hydrogens (tertiary/aromatic N) is 2. The molecule has 0 saturated heterocycles. The van der Waals surface area contributed by atoms with Crippen molar-refractivity contribution in [2.24, 2.45) is 5.92 Å². The summed E-state index contributed by atoms with van der Waals surface area (Å²) in [4.78, 5) is 29.1. The Kier molecular flexibility index (Phi) is 4.02. The van der Waals surface area contributed by atoms with Crippen molar-refractivity contribution < 1.29 is 9.59 Å². The second-order valence-corrected chi connectivity index (χ2v) is 8.00.